The van der Waals surface area contributed by atoms with Crippen LogP contribution in [0.5, 0.6) is 0 Å². The monoisotopic (exact) mass is 297 g/mol. The fourth-order valence-corrected chi connectivity index (χ4v) is 1.71. The molecule has 2 atom stereocenters. The molecule has 0 saturated carbocycles. The van der Waals surface area contributed by atoms with Crippen LogP contribution in [0.3, 0.4) is 0 Å². The van der Waals surface area contributed by atoms with Gasteiger partial charge >= 0.3 is 0 Å². The largest absolute Gasteiger partial charge is 0.393 e. The van der Waals surface area contributed by atoms with Crippen molar-refractivity contribution in [3.8, 4) is 11.5 Å². The Bertz CT molecular complexity index is 513. The lowest BCUT2D eigenvalue weighted by molar-refractivity contribution is 0.151. The second-order valence-corrected chi connectivity index (χ2v) is 4.67. The van der Waals surface area contributed by atoms with Gasteiger partial charge in [0.25, 0.3) is 0 Å². The molecule has 0 radical (unpaired) electrons. The van der Waals surface area contributed by atoms with E-state index in [9.17, 15) is 5.11 Å². The van der Waals surface area contributed by atoms with Crippen molar-refractivity contribution in [3.05, 3.63) is 28.7 Å². The van der Waals surface area contributed by atoms with Crippen LogP contribution in [0.1, 0.15) is 25.7 Å². The molecule has 0 aliphatic rings. The minimum Gasteiger partial charge on any atom is -0.393 e. The maximum absolute atomic E-state index is 9.46. The van der Waals surface area contributed by atoms with Gasteiger partial charge in [-0.2, -0.15) is 4.98 Å². The molecule has 0 aliphatic carbocycles. The molecule has 0 fully saturated rings. The Hall–Kier alpha value is -1.27. The number of nitrogens with zero attached hydrogens (tertiary/aromatic N) is 3. The highest BCUT2D eigenvalue weighted by Crippen LogP contribution is 2.25. The fraction of sp³-hybridized carbons (Fsp3) is 0.364. The third-order valence-electron chi connectivity index (χ3n) is 2.53. The lowest BCUT2D eigenvalue weighted by Gasteiger charge is -2.07. The zero-order valence-electron chi connectivity index (χ0n) is 9.46. The molecule has 2 heterocycles. The van der Waals surface area contributed by atoms with Crippen molar-refractivity contribution in [1.29, 1.82) is 0 Å². The molecule has 2 unspecified atom stereocenters. The van der Waals surface area contributed by atoms with E-state index >= 15 is 0 Å². The minimum absolute atomic E-state index is 0.196. The van der Waals surface area contributed by atoms with E-state index in [0.717, 1.165) is 4.47 Å². The molecule has 6 heteroatoms. The van der Waals surface area contributed by atoms with E-state index in [4.69, 9.17) is 4.52 Å². The van der Waals surface area contributed by atoms with E-state index in [2.05, 4.69) is 31.1 Å². The molecule has 0 amide bonds. The first-order chi connectivity index (χ1) is 8.09. The van der Waals surface area contributed by atoms with Crippen molar-refractivity contribution in [2.24, 2.45) is 0 Å². The van der Waals surface area contributed by atoms with Crippen LogP contribution >= 0.6 is 15.9 Å². The average molecular weight is 298 g/mol. The Morgan fingerprint density at radius 3 is 2.82 bits per heavy atom. The summed E-state index contributed by atoms with van der Waals surface area (Å²) >= 11 is 3.37. The number of aromatic nitrogens is 3. The van der Waals surface area contributed by atoms with Crippen molar-refractivity contribution >= 4 is 15.9 Å². The van der Waals surface area contributed by atoms with E-state index in [0.29, 0.717) is 17.4 Å². The standard InChI is InChI=1S/C11H12BrN3O2/c1-6(7(2)16)11-14-10(15-17-11)9-8(12)4-3-5-13-9/h3-7,16H,1-2H3. The SMILES string of the molecule is CC(O)C(C)c1nc(-c2ncccc2Br)no1. The number of pyridine rings is 1. The van der Waals surface area contributed by atoms with Gasteiger partial charge in [-0.15, -0.1) is 0 Å². The normalized spacial score (nSPS) is 14.6. The molecule has 5 nitrogen and oxygen atoms in total. The van der Waals surface area contributed by atoms with Gasteiger partial charge in [-0.3, -0.25) is 4.98 Å². The van der Waals surface area contributed by atoms with Crippen molar-refractivity contribution in [2.45, 2.75) is 25.9 Å². The van der Waals surface area contributed by atoms with Crippen LogP contribution < -0.4 is 0 Å². The van der Waals surface area contributed by atoms with Gasteiger partial charge in [-0.25, -0.2) is 0 Å². The topological polar surface area (TPSA) is 72.0 Å². The first-order valence-electron chi connectivity index (χ1n) is 5.22. The van der Waals surface area contributed by atoms with E-state index in [-0.39, 0.29) is 5.92 Å². The molecule has 2 aromatic rings. The average Bonchev–Trinajstić information content (AvgIpc) is 2.77. The zero-order chi connectivity index (χ0) is 12.4. The van der Waals surface area contributed by atoms with Gasteiger partial charge < -0.3 is 9.63 Å². The van der Waals surface area contributed by atoms with Crippen LogP contribution in [-0.4, -0.2) is 26.3 Å². The molecule has 2 aromatic heterocycles. The van der Waals surface area contributed by atoms with Crippen molar-refractivity contribution in [3.63, 3.8) is 0 Å². The number of aliphatic hydroxyl groups excluding tert-OH is 1. The molecule has 0 spiro atoms. The van der Waals surface area contributed by atoms with E-state index in [1.807, 2.05) is 19.1 Å². The Morgan fingerprint density at radius 1 is 1.41 bits per heavy atom. The summed E-state index contributed by atoms with van der Waals surface area (Å²) in [4.78, 5) is 8.40. The fourth-order valence-electron chi connectivity index (χ4n) is 1.27. The molecule has 1 N–H and O–H groups in total. The highest BCUT2D eigenvalue weighted by atomic mass is 79.9. The summed E-state index contributed by atoms with van der Waals surface area (Å²) in [6.07, 6.45) is 1.13. The summed E-state index contributed by atoms with van der Waals surface area (Å²) in [7, 11) is 0. The highest BCUT2D eigenvalue weighted by molar-refractivity contribution is 9.10. The molecule has 17 heavy (non-hydrogen) atoms. The molecular formula is C11H12BrN3O2. The number of rotatable bonds is 3. The maximum Gasteiger partial charge on any atom is 0.232 e. The first-order valence-corrected chi connectivity index (χ1v) is 6.01. The molecule has 90 valence electrons. The maximum atomic E-state index is 9.46. The summed E-state index contributed by atoms with van der Waals surface area (Å²) in [5.74, 6) is 0.631. The van der Waals surface area contributed by atoms with Crippen LogP contribution in [0.15, 0.2) is 27.3 Å². The van der Waals surface area contributed by atoms with Crippen molar-refractivity contribution < 1.29 is 9.63 Å². The van der Waals surface area contributed by atoms with Crippen LogP contribution in [0.25, 0.3) is 11.5 Å². The van der Waals surface area contributed by atoms with Gasteiger partial charge in [0.05, 0.1) is 12.0 Å². The summed E-state index contributed by atoms with van der Waals surface area (Å²) in [5, 5.41) is 13.3. The van der Waals surface area contributed by atoms with Crippen LogP contribution in [0.2, 0.25) is 0 Å². The van der Waals surface area contributed by atoms with Gasteiger partial charge in [-0.05, 0) is 35.0 Å². The summed E-state index contributed by atoms with van der Waals surface area (Å²) in [6.45, 7) is 3.51. The Morgan fingerprint density at radius 2 is 2.18 bits per heavy atom. The van der Waals surface area contributed by atoms with E-state index < -0.39 is 6.10 Å². The van der Waals surface area contributed by atoms with Crippen LogP contribution in [0, 0.1) is 0 Å². The molecule has 0 saturated heterocycles. The number of halogens is 1. The molecule has 2 rings (SSSR count). The van der Waals surface area contributed by atoms with Gasteiger partial charge in [0.15, 0.2) is 0 Å². The van der Waals surface area contributed by atoms with Gasteiger partial charge in [0.1, 0.15) is 5.69 Å². The van der Waals surface area contributed by atoms with Gasteiger partial charge in [0, 0.05) is 10.7 Å². The summed E-state index contributed by atoms with van der Waals surface area (Å²) < 4.78 is 5.92. The number of aliphatic hydroxyl groups is 1. The Balaban J connectivity index is 2.34. The smallest absolute Gasteiger partial charge is 0.232 e. The number of hydrogen-bond donors (Lipinski definition) is 1. The minimum atomic E-state index is -0.532. The lowest BCUT2D eigenvalue weighted by Crippen LogP contribution is -2.11. The predicted molar refractivity (Wildman–Crippen MR) is 65.3 cm³/mol. The molecule has 0 bridgehead atoms. The molecule has 0 aromatic carbocycles. The van der Waals surface area contributed by atoms with Crippen molar-refractivity contribution in [1.82, 2.24) is 15.1 Å². The predicted octanol–water partition coefficient (Wildman–Crippen LogP) is 2.38. The highest BCUT2D eigenvalue weighted by Gasteiger charge is 2.20. The third-order valence-corrected chi connectivity index (χ3v) is 3.17. The Labute approximate surface area is 107 Å². The van der Waals surface area contributed by atoms with Crippen LogP contribution in [0.4, 0.5) is 0 Å². The van der Waals surface area contributed by atoms with Gasteiger partial charge in [0.2, 0.25) is 11.7 Å². The lowest BCUT2D eigenvalue weighted by atomic mass is 10.1. The summed E-state index contributed by atoms with van der Waals surface area (Å²) in [5.41, 5.74) is 0.625. The Kier molecular flexibility index (Phi) is 3.54. The molecule has 0 aliphatic heterocycles. The van der Waals surface area contributed by atoms with Crippen molar-refractivity contribution in [2.75, 3.05) is 0 Å². The van der Waals surface area contributed by atoms with Gasteiger partial charge in [-0.1, -0.05) is 12.1 Å². The second kappa shape index (κ2) is 4.93. The quantitative estimate of drug-likeness (QED) is 0.942. The molecular weight excluding hydrogens is 286 g/mol. The summed E-state index contributed by atoms with van der Waals surface area (Å²) in [6, 6.07) is 3.67. The zero-order valence-corrected chi connectivity index (χ0v) is 11.0. The third kappa shape index (κ3) is 2.53. The first kappa shape index (κ1) is 12.2. The number of hydrogen-bond acceptors (Lipinski definition) is 5. The van der Waals surface area contributed by atoms with Crippen LogP contribution in [-0.2, 0) is 0 Å². The van der Waals surface area contributed by atoms with E-state index in [1.54, 1.807) is 13.1 Å². The second-order valence-electron chi connectivity index (χ2n) is 3.82. The van der Waals surface area contributed by atoms with E-state index in [1.165, 1.54) is 0 Å².